The summed E-state index contributed by atoms with van der Waals surface area (Å²) >= 11 is 5.79. The molecule has 3 aromatic rings. The maximum atomic E-state index is 13.1. The highest BCUT2D eigenvalue weighted by Gasteiger charge is 2.41. The molecule has 24 heavy (non-hydrogen) atoms. The molecule has 0 amide bonds. The Morgan fingerprint density at radius 2 is 1.38 bits per heavy atom. The van der Waals surface area contributed by atoms with Gasteiger partial charge in [0.2, 0.25) is 6.71 Å². The number of ketones is 1. The number of carbonyl (C=O) groups excluding carboxylic acids is 1. The van der Waals surface area contributed by atoms with E-state index in [1.807, 2.05) is 37.3 Å². The van der Waals surface area contributed by atoms with Crippen molar-refractivity contribution in [3.8, 4) is 0 Å². The lowest BCUT2D eigenvalue weighted by Crippen LogP contribution is -2.63. The Morgan fingerprint density at radius 3 is 2.12 bits per heavy atom. The average molecular weight is 324 g/mol. The fourth-order valence-electron chi connectivity index (χ4n) is 4.16. The molecule has 3 aromatic carbocycles. The first-order valence-electron chi connectivity index (χ1n) is 8.08. The number of rotatable bonds is 0. The fraction of sp³-hybridized carbons (Fsp3) is 0.0476. The highest BCUT2D eigenvalue weighted by Crippen LogP contribution is 2.24. The molecule has 2 heterocycles. The molecule has 1 nitrogen and oxygen atoms in total. The van der Waals surface area contributed by atoms with Crippen LogP contribution in [0.3, 0.4) is 0 Å². The highest BCUT2D eigenvalue weighted by atomic mass is 32.1. The maximum Gasteiger partial charge on any atom is 0.244 e. The molecule has 2 aliphatic heterocycles. The normalized spacial score (nSPS) is 14.1. The van der Waals surface area contributed by atoms with Crippen LogP contribution >= 0.6 is 12.2 Å². The Kier molecular flexibility index (Phi) is 2.74. The molecule has 0 spiro atoms. The molecule has 0 aliphatic carbocycles. The molecule has 3 heteroatoms. The quantitative estimate of drug-likeness (QED) is 0.321. The highest BCUT2D eigenvalue weighted by molar-refractivity contribution is 7.81. The van der Waals surface area contributed by atoms with Crippen molar-refractivity contribution in [1.29, 1.82) is 0 Å². The third kappa shape index (κ3) is 1.65. The predicted molar refractivity (Wildman–Crippen MR) is 103 cm³/mol. The van der Waals surface area contributed by atoms with Gasteiger partial charge in [-0.1, -0.05) is 77.7 Å². The minimum absolute atomic E-state index is 0.0902. The van der Waals surface area contributed by atoms with Gasteiger partial charge in [-0.2, -0.15) is 0 Å². The molecule has 5 rings (SSSR count). The summed E-state index contributed by atoms with van der Waals surface area (Å²) in [5.41, 5.74) is 8.26. The molecule has 0 bridgehead atoms. The van der Waals surface area contributed by atoms with Crippen LogP contribution in [0.5, 0.6) is 0 Å². The summed E-state index contributed by atoms with van der Waals surface area (Å²) in [5, 5.41) is 0. The Balaban J connectivity index is 1.96. The fourth-order valence-corrected chi connectivity index (χ4v) is 4.52. The number of carbonyl (C=O) groups is 1. The molecule has 0 saturated heterocycles. The van der Waals surface area contributed by atoms with Crippen LogP contribution in [0.25, 0.3) is 0 Å². The minimum atomic E-state index is 0.0902. The van der Waals surface area contributed by atoms with Gasteiger partial charge in [0.1, 0.15) is 0 Å². The van der Waals surface area contributed by atoms with Gasteiger partial charge in [0.15, 0.2) is 5.78 Å². The number of hydrogen-bond acceptors (Lipinski definition) is 2. The summed E-state index contributed by atoms with van der Waals surface area (Å²) in [4.78, 5) is 13.9. The van der Waals surface area contributed by atoms with Crippen LogP contribution in [0.1, 0.15) is 32.6 Å². The lowest BCUT2D eigenvalue weighted by Gasteiger charge is -2.33. The zero-order chi connectivity index (χ0) is 16.4. The van der Waals surface area contributed by atoms with Gasteiger partial charge in [0.05, 0.1) is 4.86 Å². The van der Waals surface area contributed by atoms with Gasteiger partial charge in [0, 0.05) is 11.1 Å². The van der Waals surface area contributed by atoms with Crippen molar-refractivity contribution in [3.05, 3.63) is 88.5 Å². The molecule has 0 radical (unpaired) electrons. The average Bonchev–Trinajstić information content (AvgIpc) is 2.61. The zero-order valence-corrected chi connectivity index (χ0v) is 14.0. The van der Waals surface area contributed by atoms with E-state index in [1.54, 1.807) is 0 Å². The number of benzene rings is 3. The summed E-state index contributed by atoms with van der Waals surface area (Å²) in [6, 6.07) is 20.5. The first-order valence-corrected chi connectivity index (χ1v) is 8.49. The Bertz CT molecular complexity index is 986. The first kappa shape index (κ1) is 13.9. The van der Waals surface area contributed by atoms with E-state index in [9.17, 15) is 4.79 Å². The lowest BCUT2D eigenvalue weighted by atomic mass is 9.30. The topological polar surface area (TPSA) is 17.1 Å². The second-order valence-corrected chi connectivity index (χ2v) is 6.95. The monoisotopic (exact) mass is 324 g/mol. The van der Waals surface area contributed by atoms with E-state index in [4.69, 9.17) is 12.2 Å². The van der Waals surface area contributed by atoms with Crippen molar-refractivity contribution in [1.82, 2.24) is 0 Å². The largest absolute Gasteiger partial charge is 0.289 e. The van der Waals surface area contributed by atoms with Crippen LogP contribution < -0.4 is 16.4 Å². The molecule has 2 aliphatic rings. The molecule has 0 aromatic heterocycles. The smallest absolute Gasteiger partial charge is 0.244 e. The summed E-state index contributed by atoms with van der Waals surface area (Å²) in [6.07, 6.45) is 0. The molecular formula is C21H13BOS. The maximum absolute atomic E-state index is 13.1. The summed E-state index contributed by atoms with van der Waals surface area (Å²) in [5.74, 6) is 0.115. The van der Waals surface area contributed by atoms with E-state index in [0.29, 0.717) is 0 Å². The molecule has 0 N–H and O–H groups in total. The molecule has 0 atom stereocenters. The predicted octanol–water partition coefficient (Wildman–Crippen LogP) is 2.14. The van der Waals surface area contributed by atoms with Crippen LogP contribution in [-0.2, 0) is 0 Å². The number of thiocarbonyl (C=S) groups is 1. The van der Waals surface area contributed by atoms with Crippen molar-refractivity contribution >= 4 is 46.0 Å². The van der Waals surface area contributed by atoms with E-state index in [1.165, 1.54) is 5.46 Å². The standard InChI is InChI=1S/C21H13BOS/c1-12-10-15-19-16(11-12)21(24)14-7-3-5-9-18(14)22(19)17-8-4-2-6-13(17)20(15)23/h2-11H,1H3. The van der Waals surface area contributed by atoms with E-state index in [0.717, 1.165) is 43.6 Å². The summed E-state index contributed by atoms with van der Waals surface area (Å²) in [6.45, 7) is 2.12. The number of aryl methyl sites for hydroxylation is 1. The third-order valence-electron chi connectivity index (χ3n) is 5.14. The van der Waals surface area contributed by atoms with E-state index in [2.05, 4.69) is 30.3 Å². The van der Waals surface area contributed by atoms with Crippen molar-refractivity contribution in [2.45, 2.75) is 6.92 Å². The molecule has 0 fully saturated rings. The van der Waals surface area contributed by atoms with Gasteiger partial charge in [-0.15, -0.1) is 0 Å². The second-order valence-electron chi connectivity index (χ2n) is 6.54. The second kappa shape index (κ2) is 4.75. The Morgan fingerprint density at radius 1 is 0.792 bits per heavy atom. The number of fused-ring (bicyclic) bond motifs is 4. The Hall–Kier alpha value is -2.52. The van der Waals surface area contributed by atoms with E-state index < -0.39 is 0 Å². The summed E-state index contributed by atoms with van der Waals surface area (Å²) < 4.78 is 0. The molecule has 0 saturated carbocycles. The zero-order valence-electron chi connectivity index (χ0n) is 13.2. The third-order valence-corrected chi connectivity index (χ3v) is 5.57. The van der Waals surface area contributed by atoms with E-state index in [-0.39, 0.29) is 12.5 Å². The molecule has 0 unspecified atom stereocenters. The van der Waals surface area contributed by atoms with Gasteiger partial charge >= 0.3 is 0 Å². The van der Waals surface area contributed by atoms with Gasteiger partial charge < -0.3 is 0 Å². The van der Waals surface area contributed by atoms with Crippen LogP contribution in [-0.4, -0.2) is 17.4 Å². The first-order chi connectivity index (χ1) is 11.7. The van der Waals surface area contributed by atoms with Gasteiger partial charge in [-0.25, -0.2) is 0 Å². The molecule has 112 valence electrons. The van der Waals surface area contributed by atoms with Gasteiger partial charge in [0.25, 0.3) is 0 Å². The van der Waals surface area contributed by atoms with Crippen molar-refractivity contribution < 1.29 is 4.79 Å². The summed E-state index contributed by atoms with van der Waals surface area (Å²) in [7, 11) is 0. The van der Waals surface area contributed by atoms with E-state index >= 15 is 0 Å². The van der Waals surface area contributed by atoms with Gasteiger partial charge in [-0.05, 0) is 35.1 Å². The van der Waals surface area contributed by atoms with Crippen molar-refractivity contribution in [3.63, 3.8) is 0 Å². The van der Waals surface area contributed by atoms with Crippen LogP contribution in [0, 0.1) is 6.92 Å². The van der Waals surface area contributed by atoms with Crippen LogP contribution in [0.15, 0.2) is 60.7 Å². The van der Waals surface area contributed by atoms with Crippen molar-refractivity contribution in [2.75, 3.05) is 0 Å². The van der Waals surface area contributed by atoms with Crippen molar-refractivity contribution in [2.24, 2.45) is 0 Å². The lowest BCUT2D eigenvalue weighted by molar-refractivity contribution is 0.104. The minimum Gasteiger partial charge on any atom is -0.289 e. The van der Waals surface area contributed by atoms with Gasteiger partial charge in [-0.3, -0.25) is 4.79 Å². The Labute approximate surface area is 146 Å². The molecular weight excluding hydrogens is 311 g/mol. The number of hydrogen-bond donors (Lipinski definition) is 0. The van der Waals surface area contributed by atoms with Crippen LogP contribution in [0.4, 0.5) is 0 Å². The van der Waals surface area contributed by atoms with Crippen LogP contribution in [0.2, 0.25) is 0 Å². The SMILES string of the molecule is Cc1cc2c3c(c1)C(=S)c1ccccc1B3c1ccccc1C2=O.